The molecule has 0 spiro atoms. The van der Waals surface area contributed by atoms with Crippen LogP contribution in [-0.4, -0.2) is 51.2 Å². The summed E-state index contributed by atoms with van der Waals surface area (Å²) >= 11 is 1.58. The number of ether oxygens (including phenoxy) is 1. The number of thioether (sulfide) groups is 1. The molecule has 4 rings (SSSR count). The quantitative estimate of drug-likeness (QED) is 0.522. The summed E-state index contributed by atoms with van der Waals surface area (Å²) in [4.78, 5) is 6.78. The van der Waals surface area contributed by atoms with E-state index in [1.807, 2.05) is 0 Å². The Morgan fingerprint density at radius 2 is 1.93 bits per heavy atom. The molecule has 0 unspecified atom stereocenters. The van der Waals surface area contributed by atoms with Crippen molar-refractivity contribution in [3.63, 3.8) is 0 Å². The Balaban J connectivity index is 1.68. The van der Waals surface area contributed by atoms with E-state index in [1.54, 1.807) is 11.8 Å². The summed E-state index contributed by atoms with van der Waals surface area (Å²) in [6.07, 6.45) is 0.974. The molecule has 2 aromatic heterocycles. The maximum atomic E-state index is 5.52. The molecule has 3 heterocycles. The van der Waals surface area contributed by atoms with Gasteiger partial charge in [0.05, 0.1) is 24.2 Å². The molecule has 8 nitrogen and oxygen atoms in total. The van der Waals surface area contributed by atoms with Gasteiger partial charge in [-0.3, -0.25) is 4.57 Å². The fourth-order valence-electron chi connectivity index (χ4n) is 3.30. The van der Waals surface area contributed by atoms with Crippen LogP contribution in [0.4, 0.5) is 5.95 Å². The van der Waals surface area contributed by atoms with Crippen LogP contribution in [0.3, 0.4) is 0 Å². The Labute approximate surface area is 181 Å². The Kier molecular flexibility index (Phi) is 6.38. The largest absolute Gasteiger partial charge is 0.378 e. The molecule has 0 bridgehead atoms. The average Bonchev–Trinajstić information content (AvgIpc) is 3.42. The zero-order valence-electron chi connectivity index (χ0n) is 17.9. The Bertz CT molecular complexity index is 980. The number of hydrogen-bond donors (Lipinski definition) is 0. The molecule has 9 heteroatoms. The molecule has 30 heavy (non-hydrogen) atoms. The van der Waals surface area contributed by atoms with Crippen LogP contribution in [0.2, 0.25) is 0 Å². The summed E-state index contributed by atoms with van der Waals surface area (Å²) in [6.45, 7) is 11.3. The molecular weight excluding hydrogens is 400 g/mol. The van der Waals surface area contributed by atoms with Gasteiger partial charge in [0.25, 0.3) is 0 Å². The van der Waals surface area contributed by atoms with Gasteiger partial charge in [-0.15, -0.1) is 10.2 Å². The van der Waals surface area contributed by atoms with Gasteiger partial charge in [0.15, 0.2) is 11.0 Å². The van der Waals surface area contributed by atoms with Crippen LogP contribution >= 0.6 is 11.8 Å². The van der Waals surface area contributed by atoms with Gasteiger partial charge >= 0.3 is 0 Å². The summed E-state index contributed by atoms with van der Waals surface area (Å²) in [5, 5.41) is 13.9. The summed E-state index contributed by atoms with van der Waals surface area (Å²) in [5.74, 6) is 2.40. The minimum Gasteiger partial charge on any atom is -0.378 e. The van der Waals surface area contributed by atoms with Crippen LogP contribution in [0.5, 0.6) is 0 Å². The van der Waals surface area contributed by atoms with Crippen molar-refractivity contribution >= 4 is 17.7 Å². The second-order valence-electron chi connectivity index (χ2n) is 7.65. The Morgan fingerprint density at radius 3 is 2.63 bits per heavy atom. The molecule has 0 radical (unpaired) electrons. The lowest BCUT2D eigenvalue weighted by atomic mass is 10.1. The second-order valence-corrected chi connectivity index (χ2v) is 8.95. The van der Waals surface area contributed by atoms with Gasteiger partial charge < -0.3 is 14.2 Å². The molecule has 0 N–H and O–H groups in total. The van der Waals surface area contributed by atoms with Crippen molar-refractivity contribution in [2.45, 2.75) is 50.4 Å². The van der Waals surface area contributed by atoms with Crippen molar-refractivity contribution in [3.8, 4) is 5.69 Å². The third kappa shape index (κ3) is 4.37. The fraction of sp³-hybridized carbons (Fsp3) is 0.524. The van der Waals surface area contributed by atoms with E-state index in [0.717, 1.165) is 42.1 Å². The van der Waals surface area contributed by atoms with Crippen LogP contribution in [0.1, 0.15) is 56.1 Å². The maximum Gasteiger partial charge on any atom is 0.239 e. The van der Waals surface area contributed by atoms with E-state index in [-0.39, 0.29) is 11.2 Å². The van der Waals surface area contributed by atoms with Crippen LogP contribution < -0.4 is 4.90 Å². The predicted octanol–water partition coefficient (Wildman–Crippen LogP) is 4.03. The number of hydrogen-bond acceptors (Lipinski definition) is 8. The smallest absolute Gasteiger partial charge is 0.239 e. The first-order valence-corrected chi connectivity index (χ1v) is 11.3. The average molecular weight is 429 g/mol. The summed E-state index contributed by atoms with van der Waals surface area (Å²) < 4.78 is 13.2. The van der Waals surface area contributed by atoms with E-state index in [4.69, 9.17) is 9.26 Å². The highest BCUT2D eigenvalue weighted by Gasteiger charge is 2.25. The highest BCUT2D eigenvalue weighted by Crippen LogP contribution is 2.36. The van der Waals surface area contributed by atoms with Gasteiger partial charge in [-0.2, -0.15) is 4.98 Å². The number of nitrogens with zero attached hydrogens (tertiary/aromatic N) is 6. The SMILES string of the molecule is CCc1cccc(-n2c(S[C@H](C)c3nc(C(C)C)no3)nnc2N2CCOCC2)c1. The van der Waals surface area contributed by atoms with E-state index in [0.29, 0.717) is 19.1 Å². The first-order valence-electron chi connectivity index (χ1n) is 10.4. The van der Waals surface area contributed by atoms with Gasteiger partial charge in [-0.25, -0.2) is 0 Å². The molecule has 1 saturated heterocycles. The second kappa shape index (κ2) is 9.18. The molecule has 3 aromatic rings. The third-order valence-electron chi connectivity index (χ3n) is 5.09. The maximum absolute atomic E-state index is 5.52. The van der Waals surface area contributed by atoms with Crippen molar-refractivity contribution in [2.24, 2.45) is 0 Å². The molecule has 160 valence electrons. The van der Waals surface area contributed by atoms with E-state index in [2.05, 4.69) is 81.8 Å². The summed E-state index contributed by atoms with van der Waals surface area (Å²) in [5.41, 5.74) is 2.33. The van der Waals surface area contributed by atoms with E-state index >= 15 is 0 Å². The van der Waals surface area contributed by atoms with E-state index in [9.17, 15) is 0 Å². The lowest BCUT2D eigenvalue weighted by molar-refractivity contribution is 0.122. The highest BCUT2D eigenvalue weighted by molar-refractivity contribution is 7.99. The molecule has 1 fully saturated rings. The summed E-state index contributed by atoms with van der Waals surface area (Å²) in [7, 11) is 0. The van der Waals surface area contributed by atoms with Gasteiger partial charge in [-0.05, 0) is 31.0 Å². The molecule has 0 aliphatic carbocycles. The molecule has 0 saturated carbocycles. The molecule has 1 aromatic carbocycles. The number of aryl methyl sites for hydroxylation is 1. The molecule has 1 aliphatic rings. The fourth-order valence-corrected chi connectivity index (χ4v) is 4.20. The molecule has 1 aliphatic heterocycles. The zero-order valence-corrected chi connectivity index (χ0v) is 18.7. The summed E-state index contributed by atoms with van der Waals surface area (Å²) in [6, 6.07) is 8.53. The minimum absolute atomic E-state index is 0.0418. The zero-order chi connectivity index (χ0) is 21.1. The van der Waals surface area contributed by atoms with Gasteiger partial charge in [0.1, 0.15) is 0 Å². The lowest BCUT2D eigenvalue weighted by Gasteiger charge is -2.28. The van der Waals surface area contributed by atoms with Gasteiger partial charge in [-0.1, -0.05) is 49.8 Å². The molecule has 0 amide bonds. The normalized spacial score (nSPS) is 15.7. The number of anilines is 1. The standard InChI is InChI=1S/C21H28N6O2S/c1-5-16-7-6-8-17(13-16)27-20(26-9-11-28-12-10-26)23-24-21(27)30-15(4)19-22-18(14(2)3)25-29-19/h6-8,13-15H,5,9-12H2,1-4H3/t15-/m1/s1. The molecular formula is C21H28N6O2S. The topological polar surface area (TPSA) is 82.1 Å². The minimum atomic E-state index is -0.0418. The van der Waals surface area contributed by atoms with E-state index < -0.39 is 0 Å². The van der Waals surface area contributed by atoms with Crippen LogP contribution in [0.25, 0.3) is 5.69 Å². The van der Waals surface area contributed by atoms with Crippen LogP contribution in [0.15, 0.2) is 33.9 Å². The third-order valence-corrected chi connectivity index (χ3v) is 6.12. The highest BCUT2D eigenvalue weighted by atomic mass is 32.2. The van der Waals surface area contributed by atoms with Crippen molar-refractivity contribution < 1.29 is 9.26 Å². The molecule has 1 atom stereocenters. The van der Waals surface area contributed by atoms with Crippen molar-refractivity contribution in [1.82, 2.24) is 24.9 Å². The number of rotatable bonds is 7. The Hall–Kier alpha value is -2.39. The number of aromatic nitrogens is 5. The monoisotopic (exact) mass is 428 g/mol. The first kappa shape index (κ1) is 20.9. The number of morpholine rings is 1. The van der Waals surface area contributed by atoms with Crippen LogP contribution in [0, 0.1) is 0 Å². The lowest BCUT2D eigenvalue weighted by Crippen LogP contribution is -2.37. The van der Waals surface area contributed by atoms with Crippen molar-refractivity contribution in [3.05, 3.63) is 41.5 Å². The first-order chi connectivity index (χ1) is 14.6. The van der Waals surface area contributed by atoms with Crippen molar-refractivity contribution in [1.29, 1.82) is 0 Å². The Morgan fingerprint density at radius 1 is 1.13 bits per heavy atom. The van der Waals surface area contributed by atoms with E-state index in [1.165, 1.54) is 5.56 Å². The van der Waals surface area contributed by atoms with Crippen molar-refractivity contribution in [2.75, 3.05) is 31.2 Å². The van der Waals surface area contributed by atoms with Gasteiger partial charge in [0, 0.05) is 19.0 Å². The van der Waals surface area contributed by atoms with Crippen LogP contribution in [-0.2, 0) is 11.2 Å². The predicted molar refractivity (Wildman–Crippen MR) is 116 cm³/mol. The number of benzene rings is 1. The van der Waals surface area contributed by atoms with Gasteiger partial charge in [0.2, 0.25) is 11.8 Å².